The molecule has 0 saturated carbocycles. The van der Waals surface area contributed by atoms with Crippen LogP contribution in [0.5, 0.6) is 0 Å². The summed E-state index contributed by atoms with van der Waals surface area (Å²) in [6, 6.07) is 15.0. The Kier molecular flexibility index (Phi) is 7.02. The van der Waals surface area contributed by atoms with Gasteiger partial charge < -0.3 is 15.2 Å². The van der Waals surface area contributed by atoms with Crippen LogP contribution < -0.4 is 5.32 Å². The van der Waals surface area contributed by atoms with Crippen LogP contribution in [0, 0.1) is 5.92 Å². The highest BCUT2D eigenvalue weighted by Crippen LogP contribution is 2.28. The molecule has 25 heavy (non-hydrogen) atoms. The predicted octanol–water partition coefficient (Wildman–Crippen LogP) is 5.08. The van der Waals surface area contributed by atoms with Gasteiger partial charge in [0.2, 0.25) is 0 Å². The molecular formula is C21H27NO3. The number of hydrogen-bond donors (Lipinski definition) is 2. The number of benzene rings is 2. The number of aliphatic hydroxyl groups excluding tert-OH is 1. The van der Waals surface area contributed by atoms with E-state index in [2.05, 4.69) is 19.2 Å². The molecule has 0 aliphatic rings. The molecule has 0 aliphatic heterocycles. The van der Waals surface area contributed by atoms with Crippen molar-refractivity contribution in [1.82, 2.24) is 0 Å². The number of nitrogens with one attached hydrogen (secondary N) is 1. The second-order valence-electron chi connectivity index (χ2n) is 6.07. The Labute approximate surface area is 149 Å². The first-order valence-corrected chi connectivity index (χ1v) is 8.91. The van der Waals surface area contributed by atoms with E-state index < -0.39 is 6.10 Å². The van der Waals surface area contributed by atoms with Gasteiger partial charge in [-0.15, -0.1) is 0 Å². The number of anilines is 2. The molecule has 4 nitrogen and oxygen atoms in total. The molecular weight excluding hydrogens is 314 g/mol. The summed E-state index contributed by atoms with van der Waals surface area (Å²) in [7, 11) is 0. The highest BCUT2D eigenvalue weighted by molar-refractivity contribution is 5.89. The van der Waals surface area contributed by atoms with Gasteiger partial charge in [-0.2, -0.15) is 0 Å². The molecule has 0 heterocycles. The number of carbonyl (C=O) groups is 1. The van der Waals surface area contributed by atoms with Crippen LogP contribution in [0.3, 0.4) is 0 Å². The SMILES string of the molecule is CCOC(=O)c1ccc(Nc2ccc(C(O)C(CC)CC)cc2)cc1. The maximum atomic E-state index is 11.7. The van der Waals surface area contributed by atoms with E-state index in [1.165, 1.54) is 0 Å². The van der Waals surface area contributed by atoms with Crippen LogP contribution in [0.15, 0.2) is 48.5 Å². The largest absolute Gasteiger partial charge is 0.462 e. The van der Waals surface area contributed by atoms with Gasteiger partial charge in [-0.1, -0.05) is 38.8 Å². The fourth-order valence-electron chi connectivity index (χ4n) is 2.84. The third kappa shape index (κ3) is 5.07. The summed E-state index contributed by atoms with van der Waals surface area (Å²) in [5, 5.41) is 13.7. The van der Waals surface area contributed by atoms with E-state index in [-0.39, 0.29) is 11.9 Å². The molecule has 2 aromatic rings. The minimum Gasteiger partial charge on any atom is -0.462 e. The van der Waals surface area contributed by atoms with E-state index in [0.29, 0.717) is 12.2 Å². The van der Waals surface area contributed by atoms with Crippen molar-refractivity contribution in [2.45, 2.75) is 39.7 Å². The van der Waals surface area contributed by atoms with Crippen LogP contribution in [0.4, 0.5) is 11.4 Å². The Hall–Kier alpha value is -2.33. The molecule has 0 spiro atoms. The van der Waals surface area contributed by atoms with Crippen molar-refractivity contribution < 1.29 is 14.6 Å². The van der Waals surface area contributed by atoms with Crippen molar-refractivity contribution in [3.63, 3.8) is 0 Å². The lowest BCUT2D eigenvalue weighted by Gasteiger charge is -2.20. The van der Waals surface area contributed by atoms with Crippen LogP contribution >= 0.6 is 0 Å². The van der Waals surface area contributed by atoms with Crippen molar-refractivity contribution in [1.29, 1.82) is 0 Å². The van der Waals surface area contributed by atoms with Crippen LogP contribution in [0.1, 0.15) is 55.6 Å². The lowest BCUT2D eigenvalue weighted by atomic mass is 9.91. The quantitative estimate of drug-likeness (QED) is 0.658. The molecule has 2 aromatic carbocycles. The summed E-state index contributed by atoms with van der Waals surface area (Å²) in [4.78, 5) is 11.7. The van der Waals surface area contributed by atoms with Gasteiger partial charge in [0.15, 0.2) is 0 Å². The number of aliphatic hydroxyl groups is 1. The van der Waals surface area contributed by atoms with Gasteiger partial charge >= 0.3 is 5.97 Å². The molecule has 0 aromatic heterocycles. The average molecular weight is 341 g/mol. The zero-order valence-corrected chi connectivity index (χ0v) is 15.2. The zero-order chi connectivity index (χ0) is 18.2. The van der Waals surface area contributed by atoms with Crippen molar-refractivity contribution in [3.8, 4) is 0 Å². The lowest BCUT2D eigenvalue weighted by molar-refractivity contribution is 0.0526. The molecule has 2 N–H and O–H groups in total. The maximum Gasteiger partial charge on any atom is 0.338 e. The Balaban J connectivity index is 2.02. The zero-order valence-electron chi connectivity index (χ0n) is 15.2. The van der Waals surface area contributed by atoms with E-state index >= 15 is 0 Å². The Morgan fingerprint density at radius 2 is 1.48 bits per heavy atom. The molecule has 0 amide bonds. The fourth-order valence-corrected chi connectivity index (χ4v) is 2.84. The molecule has 0 radical (unpaired) electrons. The first-order chi connectivity index (χ1) is 12.1. The number of carbonyl (C=O) groups excluding carboxylic acids is 1. The molecule has 1 unspecified atom stereocenters. The summed E-state index contributed by atoms with van der Waals surface area (Å²) in [5.74, 6) is -0.0250. The maximum absolute atomic E-state index is 11.7. The Bertz CT molecular complexity index is 661. The molecule has 0 bridgehead atoms. The van der Waals surface area contributed by atoms with Crippen LogP contribution in [0.25, 0.3) is 0 Å². The summed E-state index contributed by atoms with van der Waals surface area (Å²) < 4.78 is 4.98. The van der Waals surface area contributed by atoms with E-state index in [4.69, 9.17) is 4.74 Å². The van der Waals surface area contributed by atoms with E-state index in [0.717, 1.165) is 29.8 Å². The summed E-state index contributed by atoms with van der Waals surface area (Å²) in [5.41, 5.74) is 3.30. The van der Waals surface area contributed by atoms with Gasteiger partial charge in [-0.05, 0) is 54.8 Å². The third-order valence-corrected chi connectivity index (χ3v) is 4.43. The minimum atomic E-state index is -0.423. The second-order valence-corrected chi connectivity index (χ2v) is 6.07. The number of hydrogen-bond acceptors (Lipinski definition) is 4. The van der Waals surface area contributed by atoms with Gasteiger partial charge in [0.05, 0.1) is 18.3 Å². The number of ether oxygens (including phenoxy) is 1. The normalized spacial score (nSPS) is 12.0. The molecule has 2 rings (SSSR count). The number of esters is 1. The molecule has 0 aliphatic carbocycles. The van der Waals surface area contributed by atoms with Crippen LogP contribution in [-0.4, -0.2) is 17.7 Å². The fraction of sp³-hybridized carbons (Fsp3) is 0.381. The van der Waals surface area contributed by atoms with Crippen molar-refractivity contribution in [2.24, 2.45) is 5.92 Å². The second kappa shape index (κ2) is 9.23. The minimum absolute atomic E-state index is 0.286. The lowest BCUT2D eigenvalue weighted by Crippen LogP contribution is -2.10. The van der Waals surface area contributed by atoms with E-state index in [9.17, 15) is 9.90 Å². The third-order valence-electron chi connectivity index (χ3n) is 4.43. The standard InChI is InChI=1S/C21H27NO3/c1-4-15(5-2)20(23)16-7-11-18(12-8-16)22-19-13-9-17(10-14-19)21(24)25-6-3/h7-15,20,22-23H,4-6H2,1-3H3. The Morgan fingerprint density at radius 3 is 1.96 bits per heavy atom. The highest BCUT2D eigenvalue weighted by Gasteiger charge is 2.17. The molecule has 0 saturated heterocycles. The van der Waals surface area contributed by atoms with Gasteiger partial charge in [0, 0.05) is 11.4 Å². The Morgan fingerprint density at radius 1 is 0.960 bits per heavy atom. The van der Waals surface area contributed by atoms with Gasteiger partial charge in [0.1, 0.15) is 0 Å². The van der Waals surface area contributed by atoms with Gasteiger partial charge in [-0.25, -0.2) is 4.79 Å². The smallest absolute Gasteiger partial charge is 0.338 e. The van der Waals surface area contributed by atoms with Gasteiger partial charge in [-0.3, -0.25) is 0 Å². The van der Waals surface area contributed by atoms with Crippen LogP contribution in [-0.2, 0) is 4.74 Å². The van der Waals surface area contributed by atoms with Crippen LogP contribution in [0.2, 0.25) is 0 Å². The first-order valence-electron chi connectivity index (χ1n) is 8.91. The monoisotopic (exact) mass is 341 g/mol. The van der Waals surface area contributed by atoms with Gasteiger partial charge in [0.25, 0.3) is 0 Å². The highest BCUT2D eigenvalue weighted by atomic mass is 16.5. The molecule has 4 heteroatoms. The van der Waals surface area contributed by atoms with Crippen molar-refractivity contribution in [3.05, 3.63) is 59.7 Å². The topological polar surface area (TPSA) is 58.6 Å². The van der Waals surface area contributed by atoms with E-state index in [1.807, 2.05) is 36.4 Å². The summed E-state index contributed by atoms with van der Waals surface area (Å²) >= 11 is 0. The summed E-state index contributed by atoms with van der Waals surface area (Å²) in [6.45, 7) is 6.37. The molecule has 0 fully saturated rings. The predicted molar refractivity (Wildman–Crippen MR) is 101 cm³/mol. The van der Waals surface area contributed by atoms with E-state index in [1.54, 1.807) is 19.1 Å². The molecule has 1 atom stereocenters. The average Bonchev–Trinajstić information content (AvgIpc) is 2.64. The first kappa shape index (κ1) is 19.0. The van der Waals surface area contributed by atoms with Crippen molar-refractivity contribution >= 4 is 17.3 Å². The van der Waals surface area contributed by atoms with Crippen molar-refractivity contribution in [2.75, 3.05) is 11.9 Å². The number of rotatable bonds is 8. The summed E-state index contributed by atoms with van der Waals surface area (Å²) in [6.07, 6.45) is 1.50. The molecule has 134 valence electrons.